The molecule has 1 N–H and O–H groups in total. The Kier molecular flexibility index (Phi) is 5.77. The molecule has 0 atom stereocenters. The van der Waals surface area contributed by atoms with Crippen LogP contribution >= 0.6 is 0 Å². The molecule has 0 saturated carbocycles. The van der Waals surface area contributed by atoms with Gasteiger partial charge in [0.15, 0.2) is 0 Å². The molecule has 1 aromatic carbocycles. The molecule has 6 heteroatoms. The molecule has 0 aliphatic carbocycles. The average Bonchev–Trinajstić information content (AvgIpc) is 2.66. The molecule has 0 fully saturated rings. The Morgan fingerprint density at radius 2 is 1.88 bits per heavy atom. The lowest BCUT2D eigenvalue weighted by atomic mass is 10.1. The van der Waals surface area contributed by atoms with Crippen molar-refractivity contribution in [1.82, 2.24) is 14.9 Å². The Morgan fingerprint density at radius 3 is 2.64 bits per heavy atom. The van der Waals surface area contributed by atoms with Crippen molar-refractivity contribution in [3.8, 4) is 0 Å². The summed E-state index contributed by atoms with van der Waals surface area (Å²) in [6.45, 7) is 1.02. The van der Waals surface area contributed by atoms with E-state index in [0.717, 1.165) is 23.3 Å². The molecule has 25 heavy (non-hydrogen) atoms. The third-order valence-electron chi connectivity index (χ3n) is 3.65. The van der Waals surface area contributed by atoms with Gasteiger partial charge in [-0.1, -0.05) is 41.2 Å². The highest BCUT2D eigenvalue weighted by Gasteiger charge is 2.02. The van der Waals surface area contributed by atoms with E-state index in [-0.39, 0.29) is 5.56 Å². The number of rotatable bonds is 8. The van der Waals surface area contributed by atoms with Crippen molar-refractivity contribution < 1.29 is 4.84 Å². The number of nitrogens with zero attached hydrogens (tertiary/aromatic N) is 3. The number of pyridine rings is 1. The third-order valence-corrected chi connectivity index (χ3v) is 3.65. The van der Waals surface area contributed by atoms with Gasteiger partial charge in [-0.15, -0.1) is 5.10 Å². The summed E-state index contributed by atoms with van der Waals surface area (Å²) in [5.41, 5.74) is 2.64. The summed E-state index contributed by atoms with van der Waals surface area (Å²) in [4.78, 5) is 22.5. The minimum Gasteiger partial charge on any atom is -0.394 e. The van der Waals surface area contributed by atoms with Gasteiger partial charge in [-0.2, -0.15) is 0 Å². The van der Waals surface area contributed by atoms with Gasteiger partial charge in [-0.3, -0.25) is 9.78 Å². The SMILES string of the molecule is O=c1cc(NCc2cccnc2)cnn1OCCCc1ccccc1. The first kappa shape index (κ1) is 16.7. The van der Waals surface area contributed by atoms with Crippen LogP contribution < -0.4 is 15.7 Å². The first-order chi connectivity index (χ1) is 12.3. The Bertz CT molecular complexity index is 835. The van der Waals surface area contributed by atoms with Gasteiger partial charge >= 0.3 is 5.56 Å². The van der Waals surface area contributed by atoms with Crippen LogP contribution in [-0.4, -0.2) is 21.5 Å². The zero-order chi connectivity index (χ0) is 17.3. The minimum atomic E-state index is -0.295. The number of aryl methyl sites for hydroxylation is 1. The molecule has 0 bridgehead atoms. The molecule has 128 valence electrons. The van der Waals surface area contributed by atoms with Crippen LogP contribution in [0.2, 0.25) is 0 Å². The van der Waals surface area contributed by atoms with Crippen LogP contribution in [0.25, 0.3) is 0 Å². The number of benzene rings is 1. The molecule has 0 saturated heterocycles. The summed E-state index contributed by atoms with van der Waals surface area (Å²) in [6.07, 6.45) is 6.80. The van der Waals surface area contributed by atoms with Gasteiger partial charge in [0.05, 0.1) is 11.9 Å². The van der Waals surface area contributed by atoms with Gasteiger partial charge in [0, 0.05) is 25.0 Å². The molecule has 0 radical (unpaired) electrons. The quantitative estimate of drug-likeness (QED) is 0.639. The number of aromatic nitrogens is 3. The lowest BCUT2D eigenvalue weighted by Gasteiger charge is -2.09. The van der Waals surface area contributed by atoms with E-state index >= 15 is 0 Å². The summed E-state index contributed by atoms with van der Waals surface area (Å²) in [5.74, 6) is 0. The highest BCUT2D eigenvalue weighted by atomic mass is 16.7. The molecule has 2 heterocycles. The topological polar surface area (TPSA) is 69.0 Å². The van der Waals surface area contributed by atoms with Gasteiger partial charge in [0.25, 0.3) is 0 Å². The molecule has 2 aromatic heterocycles. The predicted molar refractivity (Wildman–Crippen MR) is 96.3 cm³/mol. The van der Waals surface area contributed by atoms with Crippen molar-refractivity contribution in [2.45, 2.75) is 19.4 Å². The Morgan fingerprint density at radius 1 is 1.04 bits per heavy atom. The van der Waals surface area contributed by atoms with E-state index in [1.165, 1.54) is 11.6 Å². The van der Waals surface area contributed by atoms with Gasteiger partial charge < -0.3 is 10.2 Å². The molecule has 0 amide bonds. The summed E-state index contributed by atoms with van der Waals surface area (Å²) >= 11 is 0. The first-order valence-electron chi connectivity index (χ1n) is 8.20. The van der Waals surface area contributed by atoms with E-state index in [4.69, 9.17) is 4.84 Å². The largest absolute Gasteiger partial charge is 0.394 e. The fraction of sp³-hybridized carbons (Fsp3) is 0.211. The van der Waals surface area contributed by atoms with Crippen LogP contribution in [-0.2, 0) is 13.0 Å². The highest BCUT2D eigenvalue weighted by Crippen LogP contribution is 2.04. The molecule has 3 aromatic rings. The average molecular weight is 336 g/mol. The second-order valence-electron chi connectivity index (χ2n) is 5.59. The third kappa shape index (κ3) is 5.17. The normalized spacial score (nSPS) is 10.4. The molecule has 0 aliphatic rings. The highest BCUT2D eigenvalue weighted by molar-refractivity contribution is 5.39. The smallest absolute Gasteiger partial charge is 0.305 e. The van der Waals surface area contributed by atoms with Crippen LogP contribution in [0.5, 0.6) is 0 Å². The molecule has 3 rings (SSSR count). The van der Waals surface area contributed by atoms with Crippen molar-refractivity contribution in [3.05, 3.63) is 88.6 Å². The maximum atomic E-state index is 12.0. The maximum Gasteiger partial charge on any atom is 0.305 e. The summed E-state index contributed by atoms with van der Waals surface area (Å²) < 4.78 is 0. The zero-order valence-corrected chi connectivity index (χ0v) is 13.8. The van der Waals surface area contributed by atoms with Crippen molar-refractivity contribution in [2.75, 3.05) is 11.9 Å². The van der Waals surface area contributed by atoms with Gasteiger partial charge in [-0.05, 0) is 30.0 Å². The van der Waals surface area contributed by atoms with E-state index in [2.05, 4.69) is 27.5 Å². The van der Waals surface area contributed by atoms with Crippen molar-refractivity contribution in [1.29, 1.82) is 0 Å². The fourth-order valence-electron chi connectivity index (χ4n) is 2.37. The Balaban J connectivity index is 1.47. The summed E-state index contributed by atoms with van der Waals surface area (Å²) in [5, 5.41) is 7.19. The van der Waals surface area contributed by atoms with E-state index in [1.807, 2.05) is 30.3 Å². The molecular weight excluding hydrogens is 316 g/mol. The molecule has 0 aliphatic heterocycles. The van der Waals surface area contributed by atoms with Crippen LogP contribution in [0.15, 0.2) is 71.9 Å². The molecular formula is C19H20N4O2. The zero-order valence-electron chi connectivity index (χ0n) is 13.8. The van der Waals surface area contributed by atoms with Crippen LogP contribution in [0.3, 0.4) is 0 Å². The van der Waals surface area contributed by atoms with E-state index in [1.54, 1.807) is 18.6 Å². The Labute approximate surface area is 146 Å². The van der Waals surface area contributed by atoms with Crippen molar-refractivity contribution in [2.24, 2.45) is 0 Å². The maximum absolute atomic E-state index is 12.0. The van der Waals surface area contributed by atoms with Crippen LogP contribution in [0, 0.1) is 0 Å². The number of nitrogens with one attached hydrogen (secondary N) is 1. The number of hydrogen-bond acceptors (Lipinski definition) is 5. The molecule has 0 spiro atoms. The first-order valence-corrected chi connectivity index (χ1v) is 8.20. The number of hydrogen-bond donors (Lipinski definition) is 1. The van der Waals surface area contributed by atoms with Gasteiger partial charge in [-0.25, -0.2) is 0 Å². The van der Waals surface area contributed by atoms with E-state index < -0.39 is 0 Å². The van der Waals surface area contributed by atoms with E-state index in [0.29, 0.717) is 18.8 Å². The molecule has 6 nitrogen and oxygen atoms in total. The summed E-state index contributed by atoms with van der Waals surface area (Å²) in [6, 6.07) is 15.5. The Hall–Kier alpha value is -3.15. The van der Waals surface area contributed by atoms with Crippen molar-refractivity contribution >= 4 is 5.69 Å². The lowest BCUT2D eigenvalue weighted by Crippen LogP contribution is -2.29. The summed E-state index contributed by atoms with van der Waals surface area (Å²) in [7, 11) is 0. The fourth-order valence-corrected chi connectivity index (χ4v) is 2.37. The lowest BCUT2D eigenvalue weighted by molar-refractivity contribution is 0.0702. The van der Waals surface area contributed by atoms with Gasteiger partial charge in [0.1, 0.15) is 6.61 Å². The monoisotopic (exact) mass is 336 g/mol. The van der Waals surface area contributed by atoms with Crippen LogP contribution in [0.4, 0.5) is 5.69 Å². The van der Waals surface area contributed by atoms with E-state index in [9.17, 15) is 4.79 Å². The predicted octanol–water partition coefficient (Wildman–Crippen LogP) is 2.31. The van der Waals surface area contributed by atoms with Crippen LogP contribution in [0.1, 0.15) is 17.5 Å². The standard InChI is InChI=1S/C19H20N4O2/c24-19-12-18(21-14-17-8-4-10-20-13-17)15-22-23(19)25-11-5-9-16-6-2-1-3-7-16/h1-4,6-8,10,12-13,15,21H,5,9,11,14H2. The van der Waals surface area contributed by atoms with Crippen molar-refractivity contribution in [3.63, 3.8) is 0 Å². The second-order valence-corrected chi connectivity index (χ2v) is 5.59. The minimum absolute atomic E-state index is 0.295. The molecule has 0 unspecified atom stereocenters. The second kappa shape index (κ2) is 8.63. The number of anilines is 1. The van der Waals surface area contributed by atoms with Gasteiger partial charge in [0.2, 0.25) is 0 Å².